The van der Waals surface area contributed by atoms with Gasteiger partial charge in [0.05, 0.1) is 31.6 Å². The molecule has 0 radical (unpaired) electrons. The second kappa shape index (κ2) is 17.8. The number of ether oxygens (including phenoxy) is 1. The Morgan fingerprint density at radius 3 is 1.21 bits per heavy atom. The van der Waals surface area contributed by atoms with E-state index in [1.54, 1.807) is 7.11 Å². The molecular formula is C52H62N4O. The molecule has 2 aliphatic heterocycles. The van der Waals surface area contributed by atoms with Crippen LogP contribution in [0.15, 0.2) is 143 Å². The predicted octanol–water partition coefficient (Wildman–Crippen LogP) is 11.5. The van der Waals surface area contributed by atoms with Crippen LogP contribution in [0.4, 0.5) is 0 Å². The average Bonchev–Trinajstić information content (AvgIpc) is 3.81. The minimum atomic E-state index is -0.241. The zero-order valence-electron chi connectivity index (χ0n) is 35.6. The Labute approximate surface area is 342 Å². The smallest absolute Gasteiger partial charge is 0.118 e. The molecule has 0 aromatic heterocycles. The van der Waals surface area contributed by atoms with Gasteiger partial charge in [-0.1, -0.05) is 107 Å². The number of methoxy groups -OCH3 is 1. The highest BCUT2D eigenvalue weighted by molar-refractivity contribution is 6.34. The maximum absolute atomic E-state index is 5.44. The van der Waals surface area contributed by atoms with E-state index < -0.39 is 0 Å². The van der Waals surface area contributed by atoms with E-state index in [0.29, 0.717) is 13.1 Å². The van der Waals surface area contributed by atoms with E-state index in [4.69, 9.17) is 14.7 Å². The summed E-state index contributed by atoms with van der Waals surface area (Å²) < 4.78 is 5.44. The largest absolute Gasteiger partial charge is 0.497 e. The monoisotopic (exact) mass is 758 g/mol. The highest BCUT2D eigenvalue weighted by Crippen LogP contribution is 2.35. The molecule has 0 saturated heterocycles. The Balaban J connectivity index is 1.15. The van der Waals surface area contributed by atoms with Crippen LogP contribution in [0.25, 0.3) is 11.1 Å². The molecule has 5 nitrogen and oxygen atoms in total. The zero-order chi connectivity index (χ0) is 40.7. The van der Waals surface area contributed by atoms with E-state index in [1.165, 1.54) is 55.7 Å². The van der Waals surface area contributed by atoms with Gasteiger partial charge in [0.2, 0.25) is 0 Å². The Bertz CT molecular complexity index is 2030. The molecule has 4 aromatic carbocycles. The summed E-state index contributed by atoms with van der Waals surface area (Å²) in [6, 6.07) is 35.1. The second-order valence-electron chi connectivity index (χ2n) is 16.9. The van der Waals surface area contributed by atoms with Gasteiger partial charge in [-0.15, -0.1) is 0 Å². The number of nitrogens with zero attached hydrogens (tertiary/aromatic N) is 2. The van der Waals surface area contributed by atoms with E-state index in [2.05, 4.69) is 157 Å². The number of nitrogens with one attached hydrogen (secondary N) is 2. The fourth-order valence-electron chi connectivity index (χ4n) is 8.66. The minimum Gasteiger partial charge on any atom is -0.497 e. The van der Waals surface area contributed by atoms with Crippen LogP contribution in [0.1, 0.15) is 107 Å². The van der Waals surface area contributed by atoms with Crippen LogP contribution >= 0.6 is 0 Å². The summed E-state index contributed by atoms with van der Waals surface area (Å²) >= 11 is 0. The lowest BCUT2D eigenvalue weighted by molar-refractivity contribution is 0.275. The van der Waals surface area contributed by atoms with Crippen LogP contribution in [0.5, 0.6) is 5.75 Å². The molecule has 296 valence electrons. The lowest BCUT2D eigenvalue weighted by atomic mass is 9.85. The first kappa shape index (κ1) is 41.2. The Kier molecular flexibility index (Phi) is 12.9. The number of aliphatic imine (C=N–C) groups is 2. The third-order valence-corrected chi connectivity index (χ3v) is 11.1. The van der Waals surface area contributed by atoms with Crippen LogP contribution in [-0.2, 0) is 19.3 Å². The fraction of sp³-hybridized carbons (Fsp3) is 0.346. The molecule has 0 saturated carbocycles. The van der Waals surface area contributed by atoms with Gasteiger partial charge in [-0.25, -0.2) is 0 Å². The summed E-state index contributed by atoms with van der Waals surface area (Å²) in [5.41, 5.74) is 17.3. The molecule has 5 heteroatoms. The average molecular weight is 759 g/mol. The number of rotatable bonds is 18. The Hall–Kier alpha value is -5.42. The zero-order valence-corrected chi connectivity index (χ0v) is 35.6. The second-order valence-corrected chi connectivity index (χ2v) is 16.9. The molecule has 4 aromatic rings. The lowest BCUT2D eigenvalue weighted by Gasteiger charge is -2.38. The van der Waals surface area contributed by atoms with Crippen molar-refractivity contribution in [2.45, 2.75) is 98.1 Å². The van der Waals surface area contributed by atoms with Gasteiger partial charge in [0.1, 0.15) is 5.75 Å². The quantitative estimate of drug-likeness (QED) is 0.106. The number of benzene rings is 4. The first-order chi connectivity index (χ1) is 27.3. The molecular weight excluding hydrogens is 697 g/mol. The summed E-state index contributed by atoms with van der Waals surface area (Å²) in [6.07, 6.45) is 5.36. The standard InChI is InChI=1S/C52H62N4O/c1-11-37-14-20-40(21-15-37)47-44(32-53-49(47)42-24-18-39(13-3)19-25-42)30-35(4)55-51(6,7)34-52(8,9)56-36(5)31-45-33-54-50(43-26-28-46(57-10)29-27-43)48(45)41-22-16-38(12-2)17-23-41/h14-29,55-56H,4-5,11-13,30-34H2,1-3,6-10H3. The number of allylic oxidation sites excluding steroid dienone is 4. The van der Waals surface area contributed by atoms with E-state index in [0.717, 1.165) is 72.7 Å². The SMILES string of the molecule is C=C(CC1=C(c2ccc(CC)cc2)C(c2ccc(CC)cc2)=NC1)NC(C)(C)CC(C)(C)NC(=C)CC1=C(c2ccc(CC)cc2)C(c2ccc(OC)cc2)=NC1. The van der Waals surface area contributed by atoms with Gasteiger partial charge in [-0.3, -0.25) is 9.98 Å². The first-order valence-electron chi connectivity index (χ1n) is 20.7. The van der Waals surface area contributed by atoms with E-state index in [9.17, 15) is 0 Å². The van der Waals surface area contributed by atoms with Gasteiger partial charge in [-0.05, 0) is 117 Å². The van der Waals surface area contributed by atoms with Gasteiger partial charge >= 0.3 is 0 Å². The van der Waals surface area contributed by atoms with Crippen LogP contribution in [0.2, 0.25) is 0 Å². The van der Waals surface area contributed by atoms with Crippen molar-refractivity contribution in [1.82, 2.24) is 10.6 Å². The lowest BCUT2D eigenvalue weighted by Crippen LogP contribution is -2.50. The van der Waals surface area contributed by atoms with Gasteiger partial charge in [0.25, 0.3) is 0 Å². The maximum Gasteiger partial charge on any atom is 0.118 e. The molecule has 0 fully saturated rings. The van der Waals surface area contributed by atoms with E-state index >= 15 is 0 Å². The van der Waals surface area contributed by atoms with E-state index in [-0.39, 0.29) is 11.1 Å². The van der Waals surface area contributed by atoms with Crippen molar-refractivity contribution in [3.05, 3.63) is 172 Å². The highest BCUT2D eigenvalue weighted by Gasteiger charge is 2.31. The molecule has 6 rings (SSSR count). The minimum absolute atomic E-state index is 0.237. The fourth-order valence-corrected chi connectivity index (χ4v) is 8.66. The third-order valence-electron chi connectivity index (χ3n) is 11.1. The topological polar surface area (TPSA) is 58.0 Å². The highest BCUT2D eigenvalue weighted by atomic mass is 16.5. The molecule has 2 aliphatic rings. The first-order valence-corrected chi connectivity index (χ1v) is 20.7. The summed E-state index contributed by atoms with van der Waals surface area (Å²) in [4.78, 5) is 10.2. The van der Waals surface area contributed by atoms with Crippen molar-refractivity contribution in [2.24, 2.45) is 9.98 Å². The van der Waals surface area contributed by atoms with Crippen LogP contribution in [0, 0.1) is 0 Å². The van der Waals surface area contributed by atoms with Crippen LogP contribution in [-0.4, -0.2) is 42.7 Å². The van der Waals surface area contributed by atoms with Gasteiger partial charge in [-0.2, -0.15) is 0 Å². The van der Waals surface area contributed by atoms with Gasteiger partial charge in [0, 0.05) is 57.6 Å². The predicted molar refractivity (Wildman–Crippen MR) is 244 cm³/mol. The van der Waals surface area contributed by atoms with Crippen molar-refractivity contribution < 1.29 is 4.74 Å². The molecule has 2 heterocycles. The summed E-state index contributed by atoms with van der Waals surface area (Å²) in [6.45, 7) is 26.1. The molecule has 2 N–H and O–H groups in total. The summed E-state index contributed by atoms with van der Waals surface area (Å²) in [5.74, 6) is 0.839. The number of hydrogen-bond acceptors (Lipinski definition) is 5. The molecule has 0 aliphatic carbocycles. The molecule has 0 bridgehead atoms. The number of aryl methyl sites for hydroxylation is 3. The maximum atomic E-state index is 5.44. The van der Waals surface area contributed by atoms with Crippen molar-refractivity contribution in [1.29, 1.82) is 0 Å². The Morgan fingerprint density at radius 1 is 0.544 bits per heavy atom. The van der Waals surface area contributed by atoms with Gasteiger partial charge < -0.3 is 15.4 Å². The van der Waals surface area contributed by atoms with Gasteiger partial charge in [0.15, 0.2) is 0 Å². The summed E-state index contributed by atoms with van der Waals surface area (Å²) in [5, 5.41) is 7.65. The van der Waals surface area contributed by atoms with Crippen molar-refractivity contribution >= 4 is 22.6 Å². The third kappa shape index (κ3) is 10.1. The van der Waals surface area contributed by atoms with E-state index in [1.807, 2.05) is 12.1 Å². The number of hydrogen-bond donors (Lipinski definition) is 2. The Morgan fingerprint density at radius 2 is 0.877 bits per heavy atom. The molecule has 0 spiro atoms. The molecule has 0 atom stereocenters. The molecule has 0 amide bonds. The van der Waals surface area contributed by atoms with Crippen LogP contribution in [0.3, 0.4) is 0 Å². The molecule has 57 heavy (non-hydrogen) atoms. The molecule has 0 unspecified atom stereocenters. The summed E-state index contributed by atoms with van der Waals surface area (Å²) in [7, 11) is 1.70. The normalized spacial score (nSPS) is 14.5. The van der Waals surface area contributed by atoms with Crippen molar-refractivity contribution in [3.63, 3.8) is 0 Å². The van der Waals surface area contributed by atoms with Crippen LogP contribution < -0.4 is 15.4 Å². The van der Waals surface area contributed by atoms with Crippen molar-refractivity contribution in [3.8, 4) is 5.75 Å². The van der Waals surface area contributed by atoms with Crippen molar-refractivity contribution in [2.75, 3.05) is 20.2 Å².